The smallest absolute Gasteiger partial charge is 0.279 e. The Morgan fingerprint density at radius 3 is 1.32 bits per heavy atom. The van der Waals surface area contributed by atoms with Gasteiger partial charge in [0.05, 0.1) is 27.4 Å². The molecule has 3 aromatic carbocycles. The molecule has 33 heteroatoms. The molecule has 0 aliphatic carbocycles. The number of nitrogens with one attached hydrogen (secondary N) is 3. The van der Waals surface area contributed by atoms with Crippen molar-refractivity contribution in [1.82, 2.24) is 79.4 Å². The maximum absolute atomic E-state index is 13.1. The molecule has 0 spiro atoms. The molecule has 18 rings (SSSR count). The molecule has 15 heterocycles. The van der Waals surface area contributed by atoms with Gasteiger partial charge in [0.25, 0.3) is 11.8 Å². The minimum atomic E-state index is -0.153. The lowest BCUT2D eigenvalue weighted by Gasteiger charge is -2.45. The van der Waals surface area contributed by atoms with Crippen molar-refractivity contribution < 1.29 is 14.4 Å². The van der Waals surface area contributed by atoms with Crippen LogP contribution in [0.25, 0.3) is 0 Å². The zero-order valence-corrected chi connectivity index (χ0v) is 72.6. The first kappa shape index (κ1) is 81.1. The summed E-state index contributed by atoms with van der Waals surface area (Å²) < 4.78 is 0. The van der Waals surface area contributed by atoms with Gasteiger partial charge in [-0.1, -0.05) is 6.92 Å². The number of amides is 2. The number of Topliss-reactive ketones (excluding diaryl/α,β-unsaturated/α-hetero) is 1. The maximum atomic E-state index is 13.1. The molecule has 618 valence electrons. The van der Waals surface area contributed by atoms with Gasteiger partial charge < -0.3 is 69.8 Å². The Morgan fingerprint density at radius 2 is 0.821 bits per heavy atom. The average molecular weight is 1640 g/mol. The quantitative estimate of drug-likeness (QED) is 0.0970. The highest BCUT2D eigenvalue weighted by atomic mass is 32.1. The van der Waals surface area contributed by atoms with E-state index in [4.69, 9.17) is 15.0 Å². The van der Waals surface area contributed by atoms with E-state index in [9.17, 15) is 14.4 Å². The third kappa shape index (κ3) is 17.3. The van der Waals surface area contributed by atoms with Gasteiger partial charge in [0.2, 0.25) is 17.8 Å². The summed E-state index contributed by atoms with van der Waals surface area (Å²) in [6.45, 7) is 34.9. The average Bonchev–Trinajstić information content (AvgIpc) is 1.63. The van der Waals surface area contributed by atoms with E-state index in [1.165, 1.54) is 140 Å². The molecule has 2 amide bonds. The van der Waals surface area contributed by atoms with Crippen molar-refractivity contribution in [2.75, 3.05) is 242 Å². The van der Waals surface area contributed by atoms with Gasteiger partial charge in [-0.2, -0.15) is 15.0 Å². The number of anilines is 17. The largest absolute Gasteiger partial charge is 0.371 e. The van der Waals surface area contributed by atoms with Gasteiger partial charge in [0.15, 0.2) is 28.8 Å². The van der Waals surface area contributed by atoms with E-state index in [2.05, 4.69) is 199 Å². The van der Waals surface area contributed by atoms with Crippen LogP contribution in [0, 0.1) is 34.6 Å². The number of nitrogens with zero attached hydrogens (tertiary/aromatic N) is 24. The Bertz CT molecular complexity index is 5100. The van der Waals surface area contributed by atoms with Crippen molar-refractivity contribution in [1.29, 1.82) is 0 Å². The second-order valence-corrected chi connectivity index (χ2v) is 35.9. The molecule has 0 radical (unpaired) electrons. The number of carbonyl (C=O) groups excluding carboxylic acids is 3. The molecule has 0 saturated carbocycles. The Balaban J connectivity index is 0.000000131. The van der Waals surface area contributed by atoms with Crippen molar-refractivity contribution in [3.63, 3.8) is 0 Å². The van der Waals surface area contributed by atoms with E-state index in [1.54, 1.807) is 42.5 Å². The summed E-state index contributed by atoms with van der Waals surface area (Å²) in [5.41, 5.74) is 13.9. The molecular formula is C84H111N27O3S3. The Hall–Kier alpha value is -9.68. The third-order valence-corrected chi connectivity index (χ3v) is 27.9. The molecule has 0 atom stereocenters. The van der Waals surface area contributed by atoms with Gasteiger partial charge >= 0.3 is 0 Å². The predicted molar refractivity (Wildman–Crippen MR) is 474 cm³/mol. The highest BCUT2D eigenvalue weighted by molar-refractivity contribution is 7.17. The summed E-state index contributed by atoms with van der Waals surface area (Å²) in [7, 11) is 15.9. The van der Waals surface area contributed by atoms with Gasteiger partial charge in [-0.25, -0.2) is 39.9 Å². The van der Waals surface area contributed by atoms with Crippen molar-refractivity contribution in [3.05, 3.63) is 128 Å². The van der Waals surface area contributed by atoms with Crippen LogP contribution in [0.1, 0.15) is 101 Å². The molecule has 9 aliphatic rings. The van der Waals surface area contributed by atoms with Crippen LogP contribution < -0.4 is 55.1 Å². The number of fused-ring (bicyclic) bond motifs is 6. The normalized spacial score (nSPS) is 19.2. The van der Waals surface area contributed by atoms with Crippen LogP contribution in [-0.4, -0.2) is 296 Å². The van der Waals surface area contributed by atoms with E-state index in [0.29, 0.717) is 70.0 Å². The Morgan fingerprint density at radius 1 is 0.393 bits per heavy atom. The molecular weight excluding hydrogens is 1530 g/mol. The van der Waals surface area contributed by atoms with Crippen molar-refractivity contribution in [2.45, 2.75) is 92.2 Å². The van der Waals surface area contributed by atoms with Crippen LogP contribution in [0.2, 0.25) is 0 Å². The number of piperazine rings is 4. The number of rotatable bonds is 13. The SMILES string of the molecule is CCc1nc2c(s1)N(C)c1nc(Nc3ccc(N4CCC(N5CCN(C)CC5)CC4)cc3C)ncc1N(C)C2=O.Cc1nc2c(s1)N(C)c1nc(Nc3ccc(N4CCC(N5CCN(C)CC5)CC4)c(C)c3)ncc1CC2=O.Cc1nc2c(s1)N(C)c1nc(Nc3ccc(N4CCN(N5CCN(C)CC5)CC4)c(C)c3)ncc1N(C)C2=O. The first-order valence-corrected chi connectivity index (χ1v) is 43.7. The van der Waals surface area contributed by atoms with Crippen molar-refractivity contribution in [3.8, 4) is 0 Å². The van der Waals surface area contributed by atoms with Crippen molar-refractivity contribution in [2.24, 2.45) is 0 Å². The number of benzene rings is 3. The fourth-order valence-electron chi connectivity index (χ4n) is 17.4. The summed E-state index contributed by atoms with van der Waals surface area (Å²) >= 11 is 4.55. The van der Waals surface area contributed by atoms with E-state index >= 15 is 0 Å². The molecule has 6 fully saturated rings. The standard InChI is InChI=1S/C29H39N9OS.C28H36N8OS.C27H36N10OS/c1-6-24-32-25-27(39)35(4)23-18-30-29(33-26(23)36(5)28(25)40-24)31-22-8-7-21(17-19(22)2)37-11-9-20(10-12-37)38-15-13-34(3)14-16-38;1-18-15-21(5-6-23(18)36-9-7-22(8-10-36)35-13-11-33(3)12-14-35)31-28-29-17-20-16-24(37)25-27(38-19(2)30-25)34(4)26(20)32-28;1-18-16-20(6-7-21(18)35-10-14-37(15-11-35)36-12-8-32(3)9-13-36)30-27-28-17-22-24(31-27)34(5)26-23(25(38)33(22)4)29-19(2)39-26/h7-8,17-18,20H,6,9-16H2,1-5H3,(H,30,31,33);5-6,15,17,22H,7-14,16H2,1-4H3,(H,29,31,32);6-7,16-17H,8-15H2,1-5H3,(H,28,30,31). The maximum Gasteiger partial charge on any atom is 0.279 e. The molecule has 0 bridgehead atoms. The molecule has 3 N–H and O–H groups in total. The van der Waals surface area contributed by atoms with Crippen LogP contribution in [0.15, 0.2) is 73.2 Å². The zero-order valence-electron chi connectivity index (χ0n) is 70.2. The lowest BCUT2D eigenvalue weighted by Crippen LogP contribution is -2.58. The molecule has 30 nitrogen and oxygen atoms in total. The fraction of sp³-hybridized carbons (Fsp3) is 0.500. The first-order valence-electron chi connectivity index (χ1n) is 41.2. The fourth-order valence-corrected chi connectivity index (χ4v) is 20.2. The number of hydrogen-bond acceptors (Lipinski definition) is 31. The Labute approximate surface area is 699 Å². The lowest BCUT2D eigenvalue weighted by atomic mass is 10.0. The number of carbonyl (C=O) groups is 3. The van der Waals surface area contributed by atoms with Crippen LogP contribution in [0.3, 0.4) is 0 Å². The van der Waals surface area contributed by atoms with Gasteiger partial charge in [-0.15, -0.1) is 34.0 Å². The minimum absolute atomic E-state index is 0.0121. The first-order chi connectivity index (χ1) is 56.4. The second-order valence-electron chi connectivity index (χ2n) is 32.4. The topological polar surface area (TPSA) is 252 Å². The van der Waals surface area contributed by atoms with Gasteiger partial charge in [-0.3, -0.25) is 24.2 Å². The summed E-state index contributed by atoms with van der Waals surface area (Å²) in [4.78, 5) is 110. The molecule has 0 unspecified atom stereocenters. The van der Waals surface area contributed by atoms with Gasteiger partial charge in [0.1, 0.15) is 37.9 Å². The highest BCUT2D eigenvalue weighted by Gasteiger charge is 2.37. The lowest BCUT2D eigenvalue weighted by molar-refractivity contribution is -0.0564. The molecule has 9 aliphatic heterocycles. The second kappa shape index (κ2) is 34.7. The van der Waals surface area contributed by atoms with E-state index in [0.717, 1.165) is 149 Å². The van der Waals surface area contributed by atoms with Crippen LogP contribution in [0.4, 0.5) is 95.8 Å². The number of aromatic nitrogens is 9. The number of ketones is 1. The van der Waals surface area contributed by atoms with E-state index < -0.39 is 0 Å². The Kier molecular flexibility index (Phi) is 24.1. The molecule has 9 aromatic rings. The van der Waals surface area contributed by atoms with Gasteiger partial charge in [-0.05, 0) is 159 Å². The van der Waals surface area contributed by atoms with Crippen molar-refractivity contribution >= 4 is 147 Å². The number of likely N-dealkylation sites (N-methyl/N-ethyl adjacent to an activating group) is 3. The monoisotopic (exact) mass is 1640 g/mol. The summed E-state index contributed by atoms with van der Waals surface area (Å²) in [6.07, 6.45) is 11.1. The number of thiazole rings is 3. The van der Waals surface area contributed by atoms with Crippen LogP contribution >= 0.6 is 34.0 Å². The minimum Gasteiger partial charge on any atom is -0.371 e. The number of aryl methyl sites for hydroxylation is 6. The molecule has 117 heavy (non-hydrogen) atoms. The number of hydrogen-bond donors (Lipinski definition) is 3. The predicted octanol–water partition coefficient (Wildman–Crippen LogP) is 11.1. The van der Waals surface area contributed by atoms with E-state index in [1.807, 2.05) is 49.7 Å². The number of piperidine rings is 2. The summed E-state index contributed by atoms with van der Waals surface area (Å²) in [5.74, 6) is 3.31. The highest BCUT2D eigenvalue weighted by Crippen LogP contribution is 2.45. The van der Waals surface area contributed by atoms with E-state index in [-0.39, 0.29) is 24.0 Å². The molecule has 6 saturated heterocycles. The summed E-state index contributed by atoms with van der Waals surface area (Å²) in [5, 5.41) is 20.3. The molecule has 6 aromatic heterocycles. The van der Waals surface area contributed by atoms with Crippen LogP contribution in [-0.2, 0) is 12.8 Å². The third-order valence-electron chi connectivity index (χ3n) is 24.5. The van der Waals surface area contributed by atoms with Crippen LogP contribution in [0.5, 0.6) is 0 Å². The number of hydrazine groups is 1. The van der Waals surface area contributed by atoms with Gasteiger partial charge in [0, 0.05) is 231 Å². The summed E-state index contributed by atoms with van der Waals surface area (Å²) in [6, 6.07) is 20.9. The zero-order chi connectivity index (χ0) is 81.6.